The lowest BCUT2D eigenvalue weighted by Gasteiger charge is -2.12. The number of hydrogen-bond donors (Lipinski definition) is 3. The molecule has 1 saturated carbocycles. The molecule has 1 unspecified atom stereocenters. The van der Waals surface area contributed by atoms with E-state index in [2.05, 4.69) is 10.6 Å². The van der Waals surface area contributed by atoms with Gasteiger partial charge in [0, 0.05) is 24.7 Å². The van der Waals surface area contributed by atoms with Crippen LogP contribution in [-0.2, 0) is 17.8 Å². The molecule has 2 amide bonds. The molecule has 0 bridgehead atoms. The normalized spacial score (nSPS) is 13.7. The highest BCUT2D eigenvalue weighted by molar-refractivity contribution is 5.94. The number of hydrogen-bond acceptors (Lipinski definition) is 4. The van der Waals surface area contributed by atoms with Gasteiger partial charge in [0.1, 0.15) is 5.75 Å². The summed E-state index contributed by atoms with van der Waals surface area (Å²) in [7, 11) is 1.61. The number of methoxy groups -OCH3 is 1. The summed E-state index contributed by atoms with van der Waals surface area (Å²) in [5.74, 6) is 1.15. The third kappa shape index (κ3) is 7.07. The van der Waals surface area contributed by atoms with Crippen molar-refractivity contribution < 1.29 is 14.3 Å². The first-order valence-electron chi connectivity index (χ1n) is 9.57. The minimum Gasteiger partial charge on any atom is -0.497 e. The van der Waals surface area contributed by atoms with Crippen LogP contribution in [0, 0.1) is 5.92 Å². The number of amides is 2. The topological polar surface area (TPSA) is 93.4 Å². The Morgan fingerprint density at radius 3 is 2.24 bits per heavy atom. The SMILES string of the molecule is COc1ccc(CC(=O)NCc2ccc(C(=O)NCC(N)C3CC3)cc2)cc1.Cl. The number of carbonyl (C=O) groups is 2. The average molecular weight is 418 g/mol. The molecule has 0 heterocycles. The maximum Gasteiger partial charge on any atom is 0.251 e. The molecule has 0 aliphatic heterocycles. The van der Waals surface area contributed by atoms with E-state index >= 15 is 0 Å². The molecular formula is C22H28ClN3O3. The predicted octanol–water partition coefficient (Wildman–Crippen LogP) is 2.44. The van der Waals surface area contributed by atoms with Gasteiger partial charge in [-0.2, -0.15) is 0 Å². The highest BCUT2D eigenvalue weighted by Gasteiger charge is 2.28. The van der Waals surface area contributed by atoms with Crippen molar-refractivity contribution in [3.05, 3.63) is 65.2 Å². The summed E-state index contributed by atoms with van der Waals surface area (Å²) in [6.45, 7) is 0.927. The molecule has 6 nitrogen and oxygen atoms in total. The number of ether oxygens (including phenoxy) is 1. The Morgan fingerprint density at radius 1 is 1.03 bits per heavy atom. The second kappa shape index (κ2) is 10.8. The number of rotatable bonds is 9. The quantitative estimate of drug-likeness (QED) is 0.584. The summed E-state index contributed by atoms with van der Waals surface area (Å²) >= 11 is 0. The van der Waals surface area contributed by atoms with Gasteiger partial charge in [-0.15, -0.1) is 12.4 Å². The lowest BCUT2D eigenvalue weighted by Crippen LogP contribution is -2.38. The maximum atomic E-state index is 12.2. The molecule has 1 aliphatic rings. The second-order valence-corrected chi connectivity index (χ2v) is 7.21. The lowest BCUT2D eigenvalue weighted by atomic mass is 10.1. The molecule has 1 fully saturated rings. The lowest BCUT2D eigenvalue weighted by molar-refractivity contribution is -0.120. The van der Waals surface area contributed by atoms with Crippen LogP contribution < -0.4 is 21.1 Å². The molecule has 29 heavy (non-hydrogen) atoms. The minimum atomic E-state index is -0.119. The summed E-state index contributed by atoms with van der Waals surface area (Å²) in [6, 6.07) is 14.7. The Kier molecular flexibility index (Phi) is 8.49. The van der Waals surface area contributed by atoms with Crippen LogP contribution in [0.1, 0.15) is 34.3 Å². The van der Waals surface area contributed by atoms with Gasteiger partial charge >= 0.3 is 0 Å². The van der Waals surface area contributed by atoms with Crippen LogP contribution >= 0.6 is 12.4 Å². The van der Waals surface area contributed by atoms with Crippen LogP contribution in [0.3, 0.4) is 0 Å². The predicted molar refractivity (Wildman–Crippen MR) is 115 cm³/mol. The van der Waals surface area contributed by atoms with Crippen molar-refractivity contribution in [3.8, 4) is 5.75 Å². The van der Waals surface area contributed by atoms with Gasteiger partial charge in [-0.3, -0.25) is 9.59 Å². The Hall–Kier alpha value is -2.57. The van der Waals surface area contributed by atoms with Crippen molar-refractivity contribution in [2.45, 2.75) is 31.8 Å². The van der Waals surface area contributed by atoms with E-state index in [1.807, 2.05) is 36.4 Å². The molecule has 2 aromatic carbocycles. The molecule has 0 radical (unpaired) electrons. The zero-order valence-electron chi connectivity index (χ0n) is 16.5. The second-order valence-electron chi connectivity index (χ2n) is 7.21. The fourth-order valence-corrected chi connectivity index (χ4v) is 2.97. The molecule has 2 aromatic rings. The fourth-order valence-electron chi connectivity index (χ4n) is 2.97. The van der Waals surface area contributed by atoms with Crippen molar-refractivity contribution in [2.24, 2.45) is 11.7 Å². The molecule has 3 rings (SSSR count). The van der Waals surface area contributed by atoms with Gasteiger partial charge in [-0.1, -0.05) is 24.3 Å². The Bertz CT molecular complexity index is 805. The number of carbonyl (C=O) groups excluding carboxylic acids is 2. The fraction of sp³-hybridized carbons (Fsp3) is 0.364. The number of halogens is 1. The van der Waals surface area contributed by atoms with Crippen LogP contribution in [0.25, 0.3) is 0 Å². The van der Waals surface area contributed by atoms with Gasteiger partial charge in [-0.25, -0.2) is 0 Å². The van der Waals surface area contributed by atoms with E-state index in [0.717, 1.165) is 29.7 Å². The van der Waals surface area contributed by atoms with Crippen molar-refractivity contribution in [1.82, 2.24) is 10.6 Å². The zero-order chi connectivity index (χ0) is 19.9. The molecule has 0 aromatic heterocycles. The average Bonchev–Trinajstić information content (AvgIpc) is 3.56. The molecule has 0 saturated heterocycles. The van der Waals surface area contributed by atoms with Crippen LogP contribution in [0.5, 0.6) is 5.75 Å². The van der Waals surface area contributed by atoms with Crippen LogP contribution in [0.4, 0.5) is 0 Å². The van der Waals surface area contributed by atoms with Gasteiger partial charge in [0.25, 0.3) is 5.91 Å². The van der Waals surface area contributed by atoms with Gasteiger partial charge < -0.3 is 21.1 Å². The molecule has 0 spiro atoms. The van der Waals surface area contributed by atoms with Gasteiger partial charge in [-0.05, 0) is 54.2 Å². The Labute approximate surface area is 177 Å². The molecular weight excluding hydrogens is 390 g/mol. The number of benzene rings is 2. The highest BCUT2D eigenvalue weighted by Crippen LogP contribution is 2.31. The van der Waals surface area contributed by atoms with Crippen LogP contribution in [0.2, 0.25) is 0 Å². The van der Waals surface area contributed by atoms with Gasteiger partial charge in [0.05, 0.1) is 13.5 Å². The Balaban J connectivity index is 0.00000300. The minimum absolute atomic E-state index is 0. The number of nitrogens with two attached hydrogens (primary N) is 1. The molecule has 156 valence electrons. The van der Waals surface area contributed by atoms with Crippen molar-refractivity contribution in [3.63, 3.8) is 0 Å². The van der Waals surface area contributed by atoms with E-state index < -0.39 is 0 Å². The monoisotopic (exact) mass is 417 g/mol. The van der Waals surface area contributed by atoms with E-state index in [4.69, 9.17) is 10.5 Å². The van der Waals surface area contributed by atoms with Gasteiger partial charge in [0.15, 0.2) is 0 Å². The summed E-state index contributed by atoms with van der Waals surface area (Å²) < 4.78 is 5.11. The van der Waals surface area contributed by atoms with E-state index in [0.29, 0.717) is 31.0 Å². The third-order valence-electron chi connectivity index (χ3n) is 4.96. The third-order valence-corrected chi connectivity index (χ3v) is 4.96. The van der Waals surface area contributed by atoms with Crippen LogP contribution in [-0.4, -0.2) is 31.5 Å². The highest BCUT2D eigenvalue weighted by atomic mass is 35.5. The van der Waals surface area contributed by atoms with Crippen molar-refractivity contribution >= 4 is 24.2 Å². The van der Waals surface area contributed by atoms with E-state index in [1.165, 1.54) is 0 Å². The first kappa shape index (κ1) is 22.7. The summed E-state index contributed by atoms with van der Waals surface area (Å²) in [5.41, 5.74) is 8.46. The van der Waals surface area contributed by atoms with E-state index in [9.17, 15) is 9.59 Å². The molecule has 4 N–H and O–H groups in total. The first-order chi connectivity index (χ1) is 13.5. The Morgan fingerprint density at radius 2 is 1.66 bits per heavy atom. The van der Waals surface area contributed by atoms with Crippen LogP contribution in [0.15, 0.2) is 48.5 Å². The largest absolute Gasteiger partial charge is 0.497 e. The first-order valence-corrected chi connectivity index (χ1v) is 9.57. The zero-order valence-corrected chi connectivity index (χ0v) is 17.3. The molecule has 1 aliphatic carbocycles. The summed E-state index contributed by atoms with van der Waals surface area (Å²) in [4.78, 5) is 24.3. The number of nitrogens with one attached hydrogen (secondary N) is 2. The summed E-state index contributed by atoms with van der Waals surface area (Å²) in [6.07, 6.45) is 2.64. The van der Waals surface area contributed by atoms with Crippen molar-refractivity contribution in [2.75, 3.05) is 13.7 Å². The summed E-state index contributed by atoms with van der Waals surface area (Å²) in [5, 5.41) is 5.78. The molecule has 7 heteroatoms. The van der Waals surface area contributed by atoms with Crippen molar-refractivity contribution in [1.29, 1.82) is 0 Å². The standard InChI is InChI=1S/C22H27N3O3.ClH/c1-28-19-10-4-15(5-11-19)12-21(26)24-13-16-2-6-18(7-3-16)22(27)25-14-20(23)17-8-9-17;/h2-7,10-11,17,20H,8-9,12-14,23H2,1H3,(H,24,26)(H,25,27);1H. The maximum absolute atomic E-state index is 12.2. The molecule has 1 atom stereocenters. The van der Waals surface area contributed by atoms with E-state index in [1.54, 1.807) is 19.2 Å². The smallest absolute Gasteiger partial charge is 0.251 e. The van der Waals surface area contributed by atoms with E-state index in [-0.39, 0.29) is 30.3 Å². The van der Waals surface area contributed by atoms with Gasteiger partial charge in [0.2, 0.25) is 5.91 Å².